The van der Waals surface area contributed by atoms with Crippen LogP contribution in [0.5, 0.6) is 0 Å². The van der Waals surface area contributed by atoms with Crippen molar-refractivity contribution in [1.82, 2.24) is 4.98 Å². The molecule has 1 fully saturated rings. The standard InChI is InChI=1S/C12H18N2O3S/c1-8-10(4-5-17-8)14(2)12-13-9(7-18-12)6-11(15)16-3/h7-8,10H,4-6H2,1-3H3. The van der Waals surface area contributed by atoms with Crippen LogP contribution >= 0.6 is 11.3 Å². The normalized spacial score (nSPS) is 23.1. The summed E-state index contributed by atoms with van der Waals surface area (Å²) in [6.45, 7) is 2.88. The average molecular weight is 270 g/mol. The second kappa shape index (κ2) is 5.67. The van der Waals surface area contributed by atoms with Gasteiger partial charge in [-0.1, -0.05) is 0 Å². The predicted octanol–water partition coefficient (Wildman–Crippen LogP) is 1.47. The van der Waals surface area contributed by atoms with Crippen LogP contribution in [-0.2, 0) is 20.7 Å². The molecule has 0 aliphatic carbocycles. The van der Waals surface area contributed by atoms with Crippen LogP contribution in [0, 0.1) is 0 Å². The fraction of sp³-hybridized carbons (Fsp3) is 0.667. The molecule has 0 bridgehead atoms. The highest BCUT2D eigenvalue weighted by atomic mass is 32.1. The molecule has 0 amide bonds. The molecule has 6 heteroatoms. The van der Waals surface area contributed by atoms with E-state index in [0.717, 1.165) is 23.9 Å². The van der Waals surface area contributed by atoms with Crippen LogP contribution in [0.4, 0.5) is 5.13 Å². The van der Waals surface area contributed by atoms with Gasteiger partial charge >= 0.3 is 5.97 Å². The van der Waals surface area contributed by atoms with Gasteiger partial charge in [-0.15, -0.1) is 11.3 Å². The van der Waals surface area contributed by atoms with Crippen molar-refractivity contribution in [2.24, 2.45) is 0 Å². The van der Waals surface area contributed by atoms with Crippen LogP contribution in [-0.4, -0.2) is 43.9 Å². The number of nitrogens with zero attached hydrogens (tertiary/aromatic N) is 2. The highest BCUT2D eigenvalue weighted by molar-refractivity contribution is 7.13. The number of likely N-dealkylation sites (N-methyl/N-ethyl adjacent to an activating group) is 1. The summed E-state index contributed by atoms with van der Waals surface area (Å²) in [6.07, 6.45) is 1.48. The maximum Gasteiger partial charge on any atom is 0.311 e. The molecule has 1 aromatic rings. The van der Waals surface area contributed by atoms with E-state index in [2.05, 4.69) is 21.5 Å². The third-order valence-electron chi connectivity index (χ3n) is 3.23. The number of carbonyl (C=O) groups excluding carboxylic acids is 1. The zero-order chi connectivity index (χ0) is 13.1. The zero-order valence-corrected chi connectivity index (χ0v) is 11.7. The SMILES string of the molecule is COC(=O)Cc1csc(N(C)C2CCOC2C)n1. The summed E-state index contributed by atoms with van der Waals surface area (Å²) >= 11 is 1.55. The molecule has 2 unspecified atom stereocenters. The van der Waals surface area contributed by atoms with Crippen molar-refractivity contribution in [2.75, 3.05) is 25.7 Å². The predicted molar refractivity (Wildman–Crippen MR) is 70.1 cm³/mol. The van der Waals surface area contributed by atoms with Gasteiger partial charge in [0.15, 0.2) is 5.13 Å². The summed E-state index contributed by atoms with van der Waals surface area (Å²) in [4.78, 5) is 17.8. The molecule has 1 aromatic heterocycles. The zero-order valence-electron chi connectivity index (χ0n) is 10.9. The number of hydrogen-bond donors (Lipinski definition) is 0. The monoisotopic (exact) mass is 270 g/mol. The van der Waals surface area contributed by atoms with Gasteiger partial charge in [-0.05, 0) is 13.3 Å². The highest BCUT2D eigenvalue weighted by Crippen LogP contribution is 2.27. The van der Waals surface area contributed by atoms with Crippen molar-refractivity contribution in [3.63, 3.8) is 0 Å². The summed E-state index contributed by atoms with van der Waals surface area (Å²) in [5, 5.41) is 2.83. The number of methoxy groups -OCH3 is 1. The first kappa shape index (κ1) is 13.3. The van der Waals surface area contributed by atoms with Gasteiger partial charge in [0.2, 0.25) is 0 Å². The molecule has 5 nitrogen and oxygen atoms in total. The van der Waals surface area contributed by atoms with Crippen molar-refractivity contribution in [1.29, 1.82) is 0 Å². The van der Waals surface area contributed by atoms with E-state index < -0.39 is 0 Å². The second-order valence-corrected chi connectivity index (χ2v) is 5.25. The first-order valence-corrected chi connectivity index (χ1v) is 6.85. The Morgan fingerprint density at radius 2 is 2.50 bits per heavy atom. The van der Waals surface area contributed by atoms with E-state index in [0.29, 0.717) is 6.04 Å². The minimum atomic E-state index is -0.257. The number of thiazole rings is 1. The van der Waals surface area contributed by atoms with Crippen molar-refractivity contribution in [2.45, 2.75) is 31.9 Å². The average Bonchev–Trinajstić information content (AvgIpc) is 2.97. The Morgan fingerprint density at radius 3 is 3.11 bits per heavy atom. The molecular formula is C12H18N2O3S. The molecule has 0 radical (unpaired) electrons. The Labute approximate surface area is 111 Å². The molecule has 0 spiro atoms. The Balaban J connectivity index is 2.02. The fourth-order valence-corrected chi connectivity index (χ4v) is 2.98. The number of anilines is 1. The number of carbonyl (C=O) groups is 1. The minimum absolute atomic E-state index is 0.225. The summed E-state index contributed by atoms with van der Waals surface area (Å²) < 4.78 is 10.2. The molecule has 18 heavy (non-hydrogen) atoms. The van der Waals surface area contributed by atoms with Gasteiger partial charge in [0.25, 0.3) is 0 Å². The Morgan fingerprint density at radius 1 is 1.72 bits per heavy atom. The molecule has 1 saturated heterocycles. The largest absolute Gasteiger partial charge is 0.469 e. The van der Waals surface area contributed by atoms with Crippen molar-refractivity contribution in [3.8, 4) is 0 Å². The summed E-state index contributed by atoms with van der Waals surface area (Å²) in [5.41, 5.74) is 0.764. The Bertz CT molecular complexity index is 421. The molecule has 0 N–H and O–H groups in total. The number of aromatic nitrogens is 1. The van der Waals surface area contributed by atoms with Gasteiger partial charge in [-0.3, -0.25) is 4.79 Å². The van der Waals surface area contributed by atoms with Crippen molar-refractivity contribution in [3.05, 3.63) is 11.1 Å². The van der Waals surface area contributed by atoms with E-state index in [1.807, 2.05) is 12.4 Å². The third kappa shape index (κ3) is 2.81. The van der Waals surface area contributed by atoms with E-state index in [4.69, 9.17) is 4.74 Å². The Hall–Kier alpha value is -1.14. The lowest BCUT2D eigenvalue weighted by Gasteiger charge is -2.26. The van der Waals surface area contributed by atoms with E-state index in [1.165, 1.54) is 7.11 Å². The summed E-state index contributed by atoms with van der Waals surface area (Å²) in [6, 6.07) is 0.363. The van der Waals surface area contributed by atoms with Crippen LogP contribution in [0.15, 0.2) is 5.38 Å². The Kier molecular flexibility index (Phi) is 4.19. The molecule has 100 valence electrons. The van der Waals surface area contributed by atoms with E-state index >= 15 is 0 Å². The lowest BCUT2D eigenvalue weighted by molar-refractivity contribution is -0.139. The maximum absolute atomic E-state index is 11.2. The molecule has 1 aliphatic rings. The molecule has 2 rings (SSSR count). The van der Waals surface area contributed by atoms with Gasteiger partial charge in [0.1, 0.15) is 0 Å². The minimum Gasteiger partial charge on any atom is -0.469 e. The van der Waals surface area contributed by atoms with E-state index in [-0.39, 0.29) is 18.5 Å². The molecule has 0 aromatic carbocycles. The molecule has 2 heterocycles. The number of hydrogen-bond acceptors (Lipinski definition) is 6. The molecule has 2 atom stereocenters. The number of esters is 1. The summed E-state index contributed by atoms with van der Waals surface area (Å²) in [5.74, 6) is -0.257. The van der Waals surface area contributed by atoms with Crippen LogP contribution in [0.25, 0.3) is 0 Å². The summed E-state index contributed by atoms with van der Waals surface area (Å²) in [7, 11) is 3.41. The first-order valence-electron chi connectivity index (χ1n) is 5.97. The number of ether oxygens (including phenoxy) is 2. The lowest BCUT2D eigenvalue weighted by Crippen LogP contribution is -2.36. The lowest BCUT2D eigenvalue weighted by atomic mass is 10.1. The number of rotatable bonds is 4. The van der Waals surface area contributed by atoms with Crippen LogP contribution in [0.3, 0.4) is 0 Å². The van der Waals surface area contributed by atoms with Gasteiger partial charge in [-0.25, -0.2) is 4.98 Å². The van der Waals surface area contributed by atoms with E-state index in [1.54, 1.807) is 11.3 Å². The van der Waals surface area contributed by atoms with Gasteiger partial charge < -0.3 is 14.4 Å². The highest BCUT2D eigenvalue weighted by Gasteiger charge is 2.29. The van der Waals surface area contributed by atoms with Gasteiger partial charge in [-0.2, -0.15) is 0 Å². The van der Waals surface area contributed by atoms with Crippen molar-refractivity contribution < 1.29 is 14.3 Å². The smallest absolute Gasteiger partial charge is 0.311 e. The fourth-order valence-electron chi connectivity index (χ4n) is 2.13. The molecule has 1 aliphatic heterocycles. The quantitative estimate of drug-likeness (QED) is 0.776. The van der Waals surface area contributed by atoms with E-state index in [9.17, 15) is 4.79 Å². The maximum atomic E-state index is 11.2. The topological polar surface area (TPSA) is 51.7 Å². The second-order valence-electron chi connectivity index (χ2n) is 4.42. The molecular weight excluding hydrogens is 252 g/mol. The first-order chi connectivity index (χ1) is 8.61. The van der Waals surface area contributed by atoms with Crippen LogP contribution < -0.4 is 4.90 Å². The van der Waals surface area contributed by atoms with Crippen LogP contribution in [0.1, 0.15) is 19.0 Å². The van der Waals surface area contributed by atoms with Crippen LogP contribution in [0.2, 0.25) is 0 Å². The molecule has 0 saturated carbocycles. The third-order valence-corrected chi connectivity index (χ3v) is 4.21. The van der Waals surface area contributed by atoms with Gasteiger partial charge in [0, 0.05) is 19.0 Å². The van der Waals surface area contributed by atoms with Gasteiger partial charge in [0.05, 0.1) is 31.4 Å². The van der Waals surface area contributed by atoms with Crippen molar-refractivity contribution >= 4 is 22.4 Å².